The van der Waals surface area contributed by atoms with Gasteiger partial charge in [-0.25, -0.2) is 4.79 Å². The molecule has 1 aromatic heterocycles. The van der Waals surface area contributed by atoms with Crippen LogP contribution in [0.25, 0.3) is 11.0 Å². The Bertz CT molecular complexity index is 1060. The fourth-order valence-corrected chi connectivity index (χ4v) is 4.30. The van der Waals surface area contributed by atoms with Crippen LogP contribution in [0, 0.1) is 6.92 Å². The standard InChI is InChI=1S/C25H29NO3/c1-4-5-9-20-13-23(27)29-25-18(3)24-21(12-22(20)25)15-26(16-28-24)14-17(2)19-10-7-6-8-11-19/h6-8,10-13,17H,4-5,9,14-16H2,1-3H3/t17-/m1/s1. The van der Waals surface area contributed by atoms with Crippen molar-refractivity contribution in [3.8, 4) is 5.75 Å². The van der Waals surface area contributed by atoms with Crippen LogP contribution in [-0.4, -0.2) is 18.2 Å². The molecule has 3 aromatic rings. The molecule has 0 saturated heterocycles. The minimum Gasteiger partial charge on any atom is -0.477 e. The highest BCUT2D eigenvalue weighted by molar-refractivity contribution is 5.86. The fraction of sp³-hybridized carbons (Fsp3) is 0.400. The highest BCUT2D eigenvalue weighted by Crippen LogP contribution is 2.36. The first kappa shape index (κ1) is 19.7. The zero-order valence-electron chi connectivity index (χ0n) is 17.5. The van der Waals surface area contributed by atoms with Gasteiger partial charge in [-0.3, -0.25) is 4.90 Å². The average Bonchev–Trinajstić information content (AvgIpc) is 2.73. The van der Waals surface area contributed by atoms with Crippen molar-refractivity contribution >= 4 is 11.0 Å². The van der Waals surface area contributed by atoms with Crippen LogP contribution >= 0.6 is 0 Å². The fourth-order valence-electron chi connectivity index (χ4n) is 4.30. The van der Waals surface area contributed by atoms with E-state index in [4.69, 9.17) is 9.15 Å². The van der Waals surface area contributed by atoms with Gasteiger partial charge in [0.2, 0.25) is 0 Å². The van der Waals surface area contributed by atoms with Gasteiger partial charge in [-0.05, 0) is 42.9 Å². The third-order valence-corrected chi connectivity index (χ3v) is 5.86. The SMILES string of the molecule is CCCCc1cc(=O)oc2c(C)c3c(cc12)CN(C[C@@H](C)c1ccccc1)CO3. The third kappa shape index (κ3) is 4.08. The van der Waals surface area contributed by atoms with E-state index in [2.05, 4.69) is 55.1 Å². The predicted octanol–water partition coefficient (Wildman–Crippen LogP) is 5.40. The van der Waals surface area contributed by atoms with Gasteiger partial charge in [0, 0.05) is 35.7 Å². The van der Waals surface area contributed by atoms with Gasteiger partial charge in [0.15, 0.2) is 0 Å². The summed E-state index contributed by atoms with van der Waals surface area (Å²) in [6.07, 6.45) is 3.05. The highest BCUT2D eigenvalue weighted by atomic mass is 16.5. The Morgan fingerprint density at radius 2 is 1.97 bits per heavy atom. The van der Waals surface area contributed by atoms with Gasteiger partial charge in [0.25, 0.3) is 0 Å². The summed E-state index contributed by atoms with van der Waals surface area (Å²) in [7, 11) is 0. The van der Waals surface area contributed by atoms with Gasteiger partial charge < -0.3 is 9.15 Å². The van der Waals surface area contributed by atoms with Crippen LogP contribution in [0.5, 0.6) is 5.75 Å². The molecule has 0 unspecified atom stereocenters. The summed E-state index contributed by atoms with van der Waals surface area (Å²) in [6, 6.07) is 14.4. The van der Waals surface area contributed by atoms with E-state index in [0.717, 1.165) is 54.6 Å². The number of rotatable bonds is 6. The van der Waals surface area contributed by atoms with E-state index in [1.54, 1.807) is 6.07 Å². The van der Waals surface area contributed by atoms with E-state index in [0.29, 0.717) is 18.2 Å². The van der Waals surface area contributed by atoms with Crippen molar-refractivity contribution in [2.24, 2.45) is 0 Å². The maximum absolute atomic E-state index is 12.1. The molecule has 4 rings (SSSR count). The lowest BCUT2D eigenvalue weighted by atomic mass is 9.97. The number of hydrogen-bond donors (Lipinski definition) is 0. The zero-order chi connectivity index (χ0) is 20.4. The van der Waals surface area contributed by atoms with E-state index in [-0.39, 0.29) is 5.63 Å². The average molecular weight is 392 g/mol. The van der Waals surface area contributed by atoms with E-state index >= 15 is 0 Å². The maximum atomic E-state index is 12.1. The zero-order valence-corrected chi connectivity index (χ0v) is 17.5. The largest absolute Gasteiger partial charge is 0.477 e. The summed E-state index contributed by atoms with van der Waals surface area (Å²) < 4.78 is 11.7. The molecule has 0 aliphatic carbocycles. The second-order valence-corrected chi connectivity index (χ2v) is 8.16. The van der Waals surface area contributed by atoms with Gasteiger partial charge in [0.1, 0.15) is 18.1 Å². The number of nitrogens with zero attached hydrogens (tertiary/aromatic N) is 1. The van der Waals surface area contributed by atoms with Crippen molar-refractivity contribution in [2.75, 3.05) is 13.3 Å². The molecule has 0 amide bonds. The monoisotopic (exact) mass is 391 g/mol. The minimum absolute atomic E-state index is 0.277. The lowest BCUT2D eigenvalue weighted by Gasteiger charge is -2.32. The molecule has 4 heteroatoms. The van der Waals surface area contributed by atoms with Crippen molar-refractivity contribution in [3.05, 3.63) is 75.1 Å². The first-order valence-electron chi connectivity index (χ1n) is 10.6. The summed E-state index contributed by atoms with van der Waals surface area (Å²) >= 11 is 0. The van der Waals surface area contributed by atoms with Crippen LogP contribution in [0.2, 0.25) is 0 Å². The molecule has 152 valence electrons. The Labute approximate surface area is 172 Å². The first-order valence-corrected chi connectivity index (χ1v) is 10.6. The molecule has 1 atom stereocenters. The Morgan fingerprint density at radius 1 is 1.17 bits per heavy atom. The predicted molar refractivity (Wildman–Crippen MR) is 117 cm³/mol. The maximum Gasteiger partial charge on any atom is 0.336 e. The van der Waals surface area contributed by atoms with Crippen molar-refractivity contribution in [1.29, 1.82) is 0 Å². The van der Waals surface area contributed by atoms with Crippen LogP contribution < -0.4 is 10.4 Å². The van der Waals surface area contributed by atoms with Crippen molar-refractivity contribution in [2.45, 2.75) is 52.5 Å². The molecule has 0 saturated carbocycles. The summed E-state index contributed by atoms with van der Waals surface area (Å²) in [4.78, 5) is 14.4. The third-order valence-electron chi connectivity index (χ3n) is 5.86. The van der Waals surface area contributed by atoms with Crippen LogP contribution in [0.3, 0.4) is 0 Å². The van der Waals surface area contributed by atoms with E-state index in [1.165, 1.54) is 11.1 Å². The number of ether oxygens (including phenoxy) is 1. The molecule has 1 aliphatic heterocycles. The molecule has 0 N–H and O–H groups in total. The molecular formula is C25H29NO3. The number of hydrogen-bond acceptors (Lipinski definition) is 4. The summed E-state index contributed by atoms with van der Waals surface area (Å²) in [5.74, 6) is 1.30. The van der Waals surface area contributed by atoms with E-state index < -0.39 is 0 Å². The van der Waals surface area contributed by atoms with E-state index in [9.17, 15) is 4.79 Å². The topological polar surface area (TPSA) is 42.7 Å². The summed E-state index contributed by atoms with van der Waals surface area (Å²) in [6.45, 7) is 8.75. The lowest BCUT2D eigenvalue weighted by molar-refractivity contribution is 0.0900. The van der Waals surface area contributed by atoms with E-state index in [1.807, 2.05) is 6.92 Å². The van der Waals surface area contributed by atoms with Crippen molar-refractivity contribution in [3.63, 3.8) is 0 Å². The number of aryl methyl sites for hydroxylation is 2. The molecule has 2 heterocycles. The van der Waals surface area contributed by atoms with Crippen LogP contribution in [0.4, 0.5) is 0 Å². The Morgan fingerprint density at radius 3 is 2.72 bits per heavy atom. The van der Waals surface area contributed by atoms with Gasteiger partial charge in [0.05, 0.1) is 0 Å². The van der Waals surface area contributed by atoms with Crippen LogP contribution in [0.1, 0.15) is 54.9 Å². The number of benzene rings is 2. The molecule has 0 spiro atoms. The number of fused-ring (bicyclic) bond motifs is 2. The highest BCUT2D eigenvalue weighted by Gasteiger charge is 2.24. The number of unbranched alkanes of at least 4 members (excludes halogenated alkanes) is 1. The Hall–Kier alpha value is -2.59. The first-order chi connectivity index (χ1) is 14.1. The molecule has 4 nitrogen and oxygen atoms in total. The van der Waals surface area contributed by atoms with Crippen molar-refractivity contribution in [1.82, 2.24) is 4.90 Å². The minimum atomic E-state index is -0.277. The van der Waals surface area contributed by atoms with Crippen LogP contribution in [0.15, 0.2) is 51.7 Å². The quantitative estimate of drug-likeness (QED) is 0.528. The normalized spacial score (nSPS) is 15.1. The van der Waals surface area contributed by atoms with Crippen molar-refractivity contribution < 1.29 is 9.15 Å². The van der Waals surface area contributed by atoms with Crippen LogP contribution in [-0.2, 0) is 13.0 Å². The molecule has 29 heavy (non-hydrogen) atoms. The molecule has 2 aromatic carbocycles. The molecule has 1 aliphatic rings. The lowest BCUT2D eigenvalue weighted by Crippen LogP contribution is -2.35. The Kier molecular flexibility index (Phi) is 5.72. The molecule has 0 fully saturated rings. The second-order valence-electron chi connectivity index (χ2n) is 8.16. The van der Waals surface area contributed by atoms with Gasteiger partial charge in [-0.1, -0.05) is 50.6 Å². The second kappa shape index (κ2) is 8.42. The molecular weight excluding hydrogens is 362 g/mol. The van der Waals surface area contributed by atoms with Gasteiger partial charge in [-0.2, -0.15) is 0 Å². The summed E-state index contributed by atoms with van der Waals surface area (Å²) in [5, 5.41) is 1.05. The molecule has 0 radical (unpaired) electrons. The molecule has 0 bridgehead atoms. The Balaban J connectivity index is 1.64. The van der Waals surface area contributed by atoms with Gasteiger partial charge >= 0.3 is 5.63 Å². The summed E-state index contributed by atoms with van der Waals surface area (Å²) in [5.41, 5.74) is 4.93. The van der Waals surface area contributed by atoms with Gasteiger partial charge in [-0.15, -0.1) is 0 Å². The smallest absolute Gasteiger partial charge is 0.336 e.